The highest BCUT2D eigenvalue weighted by atomic mass is 28.4. The van der Waals surface area contributed by atoms with Crippen molar-refractivity contribution in [1.29, 1.82) is 0 Å². The van der Waals surface area contributed by atoms with Gasteiger partial charge in [0, 0.05) is 24.0 Å². The lowest BCUT2D eigenvalue weighted by atomic mass is 9.43. The molecule has 2 bridgehead atoms. The Morgan fingerprint density at radius 2 is 1.69 bits per heavy atom. The van der Waals surface area contributed by atoms with Crippen LogP contribution in [0.2, 0.25) is 16.6 Å². The van der Waals surface area contributed by atoms with Crippen LogP contribution in [-0.4, -0.2) is 40.3 Å². The van der Waals surface area contributed by atoms with Gasteiger partial charge in [-0.2, -0.15) is 0 Å². The van der Waals surface area contributed by atoms with Crippen LogP contribution in [0.25, 0.3) is 0 Å². The highest BCUT2D eigenvalue weighted by Crippen LogP contribution is 2.72. The van der Waals surface area contributed by atoms with Crippen molar-refractivity contribution in [3.63, 3.8) is 0 Å². The van der Waals surface area contributed by atoms with Crippen molar-refractivity contribution < 1.29 is 13.9 Å². The number of allylic oxidation sites excluding steroid dienone is 2. The third kappa shape index (κ3) is 4.16. The Hall–Kier alpha value is -0.423. The molecule has 0 N–H and O–H groups in total. The summed E-state index contributed by atoms with van der Waals surface area (Å²) >= 11 is 0. The molecule has 0 heterocycles. The maximum Gasteiger partial charge on any atom is 0.200 e. The lowest BCUT2D eigenvalue weighted by Crippen LogP contribution is -2.62. The van der Waals surface area contributed by atoms with E-state index in [1.807, 2.05) is 0 Å². The number of fused-ring (bicyclic) bond motifs is 2. The van der Waals surface area contributed by atoms with Crippen LogP contribution in [0.15, 0.2) is 24.3 Å². The summed E-state index contributed by atoms with van der Waals surface area (Å²) in [6, 6.07) is 0. The quantitative estimate of drug-likeness (QED) is 0.165. The molecule has 4 rings (SSSR count). The van der Waals surface area contributed by atoms with Gasteiger partial charge in [-0.1, -0.05) is 79.7 Å². The van der Waals surface area contributed by atoms with Gasteiger partial charge in [0.25, 0.3) is 0 Å². The van der Waals surface area contributed by atoms with Crippen LogP contribution >= 0.6 is 0 Å². The topological polar surface area (TPSA) is 27.7 Å². The average molecular weight is 517 g/mol. The molecule has 1 spiro atoms. The van der Waals surface area contributed by atoms with Gasteiger partial charge in [-0.05, 0) is 78.8 Å². The van der Waals surface area contributed by atoms with Crippen LogP contribution in [0.4, 0.5) is 0 Å². The molecule has 0 aromatic carbocycles. The summed E-state index contributed by atoms with van der Waals surface area (Å²) in [6.45, 7) is 28.4. The van der Waals surface area contributed by atoms with E-state index in [4.69, 9.17) is 13.9 Å². The van der Waals surface area contributed by atoms with Crippen LogP contribution in [0, 0.1) is 34.5 Å². The molecule has 206 valence electrons. The largest absolute Gasteiger partial charge is 0.413 e. The summed E-state index contributed by atoms with van der Waals surface area (Å²) in [5, 5.41) is 0. The minimum absolute atomic E-state index is 0.215. The zero-order valence-corrected chi connectivity index (χ0v) is 25.9. The molecule has 0 radical (unpaired) electrons. The van der Waals surface area contributed by atoms with Crippen LogP contribution in [0.3, 0.4) is 0 Å². The molecule has 0 saturated heterocycles. The fourth-order valence-electron chi connectivity index (χ4n) is 10.1. The van der Waals surface area contributed by atoms with Gasteiger partial charge in [-0.15, -0.1) is 0 Å². The Morgan fingerprint density at radius 3 is 2.31 bits per heavy atom. The molecule has 0 unspecified atom stereocenters. The third-order valence-corrected chi connectivity index (χ3v) is 17.8. The lowest BCUT2D eigenvalue weighted by Gasteiger charge is -2.64. The third-order valence-electron chi connectivity index (χ3n) is 11.7. The Kier molecular flexibility index (Phi) is 8.43. The van der Waals surface area contributed by atoms with Gasteiger partial charge in [-0.25, -0.2) is 0 Å². The number of hydrogen-bond donors (Lipinski definition) is 0. The molecular weight excluding hydrogens is 460 g/mol. The minimum Gasteiger partial charge on any atom is -0.413 e. The van der Waals surface area contributed by atoms with Crippen molar-refractivity contribution in [2.24, 2.45) is 34.5 Å². The second-order valence-corrected chi connectivity index (χ2v) is 19.2. The van der Waals surface area contributed by atoms with Crippen molar-refractivity contribution in [2.45, 2.75) is 123 Å². The molecule has 36 heavy (non-hydrogen) atoms. The second-order valence-electron chi connectivity index (χ2n) is 13.8. The Bertz CT molecular complexity index is 796. The van der Waals surface area contributed by atoms with E-state index < -0.39 is 8.32 Å². The molecule has 3 saturated carbocycles. The summed E-state index contributed by atoms with van der Waals surface area (Å²) in [7, 11) is -1.91. The van der Waals surface area contributed by atoms with E-state index in [-0.39, 0.29) is 16.9 Å². The van der Waals surface area contributed by atoms with Crippen molar-refractivity contribution in [2.75, 3.05) is 19.8 Å². The first-order chi connectivity index (χ1) is 17.0. The minimum atomic E-state index is -1.91. The van der Waals surface area contributed by atoms with Crippen LogP contribution < -0.4 is 0 Å². The van der Waals surface area contributed by atoms with E-state index in [1.54, 1.807) is 0 Å². The van der Waals surface area contributed by atoms with Gasteiger partial charge in [-0.3, -0.25) is 0 Å². The maximum absolute atomic E-state index is 7.46. The number of ether oxygens (including phenoxy) is 2. The molecule has 0 amide bonds. The Balaban J connectivity index is 1.64. The van der Waals surface area contributed by atoms with E-state index in [0.29, 0.717) is 59.6 Å². The van der Waals surface area contributed by atoms with Crippen molar-refractivity contribution in [3.05, 3.63) is 24.3 Å². The van der Waals surface area contributed by atoms with Crippen molar-refractivity contribution in [3.8, 4) is 0 Å². The van der Waals surface area contributed by atoms with Gasteiger partial charge in [0.1, 0.15) is 0 Å². The first-order valence-electron chi connectivity index (χ1n) is 15.2. The summed E-state index contributed by atoms with van der Waals surface area (Å²) in [6.07, 6.45) is 11.9. The van der Waals surface area contributed by atoms with Crippen LogP contribution in [0.1, 0.15) is 94.4 Å². The fraction of sp³-hybridized carbons (Fsp3) is 0.875. The summed E-state index contributed by atoms with van der Waals surface area (Å²) < 4.78 is 19.9. The Morgan fingerprint density at radius 1 is 1.03 bits per heavy atom. The second kappa shape index (κ2) is 10.6. The zero-order valence-electron chi connectivity index (χ0n) is 24.9. The Labute approximate surface area is 223 Å². The highest BCUT2D eigenvalue weighted by Gasteiger charge is 2.69. The first kappa shape index (κ1) is 28.6. The molecule has 4 aliphatic carbocycles. The standard InChI is InChI=1S/C32H56O3Si/c1-11-33-18-19-34-30-27-20-26-12-13-28-25(9)29(35-36(21(2)3,22(4)5)23(6)7)15-16-31(28,10)32(26,30)17-14-24(27)8/h12-13,21-23,25-30H,8,11,14-20H2,1-7,9-10H3/t25-,26+,27-,28-,29-,30+,31-,32+/m0/s1. The molecule has 0 aromatic heterocycles. The summed E-state index contributed by atoms with van der Waals surface area (Å²) in [4.78, 5) is 0. The lowest BCUT2D eigenvalue weighted by molar-refractivity contribution is -0.178. The van der Waals surface area contributed by atoms with Gasteiger partial charge >= 0.3 is 0 Å². The maximum atomic E-state index is 7.46. The molecule has 0 aromatic rings. The van der Waals surface area contributed by atoms with Gasteiger partial charge in [0.2, 0.25) is 8.32 Å². The van der Waals surface area contributed by atoms with E-state index in [9.17, 15) is 0 Å². The summed E-state index contributed by atoms with van der Waals surface area (Å²) in [5.41, 5.74) is 3.78. The highest BCUT2D eigenvalue weighted by molar-refractivity contribution is 6.77. The van der Waals surface area contributed by atoms with Crippen molar-refractivity contribution >= 4 is 8.32 Å². The summed E-state index contributed by atoms with van der Waals surface area (Å²) in [5.74, 6) is 2.19. The smallest absolute Gasteiger partial charge is 0.200 e. The van der Waals surface area contributed by atoms with Gasteiger partial charge in [0.15, 0.2) is 0 Å². The predicted molar refractivity (Wildman–Crippen MR) is 154 cm³/mol. The normalized spacial score (nSPS) is 40.3. The number of rotatable bonds is 10. The van der Waals surface area contributed by atoms with E-state index in [1.165, 1.54) is 37.7 Å². The zero-order chi connectivity index (χ0) is 26.5. The van der Waals surface area contributed by atoms with Gasteiger partial charge in [0.05, 0.1) is 19.3 Å². The van der Waals surface area contributed by atoms with E-state index in [0.717, 1.165) is 6.61 Å². The molecule has 4 heteroatoms. The molecule has 3 nitrogen and oxygen atoms in total. The molecule has 4 aliphatic rings. The van der Waals surface area contributed by atoms with Crippen LogP contribution in [-0.2, 0) is 13.9 Å². The average Bonchev–Trinajstić information content (AvgIpc) is 3.05. The monoisotopic (exact) mass is 516 g/mol. The SMILES string of the molecule is C=C1CC[C@]23[C@H](C=C[C@H]4[C@H](C)[C@@H](O[Si](C(C)C)(C(C)C)C(C)C)CC[C@@]42C)C[C@@H]1[C@H]3OCCOCC. The molecule has 0 aliphatic heterocycles. The van der Waals surface area contributed by atoms with Gasteiger partial charge < -0.3 is 13.9 Å². The fourth-order valence-corrected chi connectivity index (χ4v) is 15.7. The van der Waals surface area contributed by atoms with E-state index >= 15 is 0 Å². The molecular formula is C32H56O3Si. The molecule has 8 atom stereocenters. The predicted octanol–water partition coefficient (Wildman–Crippen LogP) is 8.56. The van der Waals surface area contributed by atoms with E-state index in [2.05, 4.69) is 81.0 Å². The van der Waals surface area contributed by atoms with Crippen molar-refractivity contribution in [1.82, 2.24) is 0 Å². The first-order valence-corrected chi connectivity index (χ1v) is 17.3. The van der Waals surface area contributed by atoms with Crippen LogP contribution in [0.5, 0.6) is 0 Å². The number of hydrogen-bond acceptors (Lipinski definition) is 3. The molecule has 3 fully saturated rings.